The number of hydrogen-bond acceptors (Lipinski definition) is 1. The summed E-state index contributed by atoms with van der Waals surface area (Å²) in [4.78, 5) is 2.66. The Bertz CT molecular complexity index is 312. The highest BCUT2D eigenvalue weighted by Gasteiger charge is 2.14. The second kappa shape index (κ2) is 7.58. The molecule has 0 saturated carbocycles. The maximum Gasteiger partial charge on any atom is -0.00162 e. The summed E-state index contributed by atoms with van der Waals surface area (Å²) >= 11 is 0. The monoisotopic (exact) mass is 245 g/mol. The van der Waals surface area contributed by atoms with Gasteiger partial charge in [-0.3, -0.25) is 0 Å². The summed E-state index contributed by atoms with van der Waals surface area (Å²) in [5.74, 6) is 0.958. The first-order valence-corrected chi connectivity index (χ1v) is 7.61. The normalized spacial score (nSPS) is 18.1. The molecule has 1 aromatic carbocycles. The SMILES string of the molecule is CC1CCN(CCCCCc2ccccc2)CC1. The number of hydrogen-bond donors (Lipinski definition) is 0. The maximum absolute atomic E-state index is 2.66. The molecular weight excluding hydrogens is 218 g/mol. The molecule has 0 atom stereocenters. The zero-order valence-electron chi connectivity index (χ0n) is 11.8. The van der Waals surface area contributed by atoms with Gasteiger partial charge in [0.05, 0.1) is 0 Å². The molecule has 1 aliphatic rings. The van der Waals surface area contributed by atoms with E-state index in [2.05, 4.69) is 42.2 Å². The molecule has 1 fully saturated rings. The molecule has 18 heavy (non-hydrogen) atoms. The zero-order chi connectivity index (χ0) is 12.6. The molecule has 1 aromatic rings. The van der Waals surface area contributed by atoms with Gasteiger partial charge in [-0.25, -0.2) is 0 Å². The highest BCUT2D eigenvalue weighted by molar-refractivity contribution is 5.14. The van der Waals surface area contributed by atoms with Crippen molar-refractivity contribution in [3.8, 4) is 0 Å². The van der Waals surface area contributed by atoms with Crippen LogP contribution in [0.5, 0.6) is 0 Å². The second-order valence-corrected chi connectivity index (χ2v) is 5.82. The fourth-order valence-corrected chi connectivity index (χ4v) is 2.77. The van der Waals surface area contributed by atoms with E-state index in [1.54, 1.807) is 0 Å². The summed E-state index contributed by atoms with van der Waals surface area (Å²) < 4.78 is 0. The molecule has 0 amide bonds. The van der Waals surface area contributed by atoms with Gasteiger partial charge in [-0.05, 0) is 63.2 Å². The quantitative estimate of drug-likeness (QED) is 0.681. The second-order valence-electron chi connectivity index (χ2n) is 5.82. The minimum absolute atomic E-state index is 0.958. The Balaban J connectivity index is 1.51. The first-order chi connectivity index (χ1) is 8.84. The number of aryl methyl sites for hydroxylation is 1. The van der Waals surface area contributed by atoms with Crippen LogP contribution >= 0.6 is 0 Å². The summed E-state index contributed by atoms with van der Waals surface area (Å²) in [7, 11) is 0. The fraction of sp³-hybridized carbons (Fsp3) is 0.647. The van der Waals surface area contributed by atoms with Crippen LogP contribution in [-0.2, 0) is 6.42 Å². The van der Waals surface area contributed by atoms with Gasteiger partial charge in [-0.2, -0.15) is 0 Å². The molecule has 0 N–H and O–H groups in total. The summed E-state index contributed by atoms with van der Waals surface area (Å²) in [5, 5.41) is 0. The minimum atomic E-state index is 0.958. The molecule has 0 unspecified atom stereocenters. The third-order valence-electron chi connectivity index (χ3n) is 4.16. The van der Waals surface area contributed by atoms with Crippen molar-refractivity contribution in [2.75, 3.05) is 19.6 Å². The molecule has 1 saturated heterocycles. The van der Waals surface area contributed by atoms with Crippen LogP contribution in [0.4, 0.5) is 0 Å². The van der Waals surface area contributed by atoms with E-state index in [-0.39, 0.29) is 0 Å². The highest BCUT2D eigenvalue weighted by atomic mass is 15.1. The van der Waals surface area contributed by atoms with Crippen LogP contribution in [0.3, 0.4) is 0 Å². The van der Waals surface area contributed by atoms with Crippen LogP contribution < -0.4 is 0 Å². The highest BCUT2D eigenvalue weighted by Crippen LogP contribution is 2.16. The molecule has 1 heterocycles. The van der Waals surface area contributed by atoms with E-state index < -0.39 is 0 Å². The number of piperidine rings is 1. The standard InChI is InChI=1S/C17H27N/c1-16-11-14-18(15-12-16)13-7-3-6-10-17-8-4-2-5-9-17/h2,4-5,8-9,16H,3,6-7,10-15H2,1H3. The third-order valence-corrected chi connectivity index (χ3v) is 4.16. The van der Waals surface area contributed by atoms with Crippen molar-refractivity contribution in [1.29, 1.82) is 0 Å². The summed E-state index contributed by atoms with van der Waals surface area (Å²) in [6.45, 7) is 6.37. The maximum atomic E-state index is 2.66. The van der Waals surface area contributed by atoms with E-state index in [0.717, 1.165) is 5.92 Å². The average molecular weight is 245 g/mol. The Hall–Kier alpha value is -0.820. The molecule has 0 radical (unpaired) electrons. The molecule has 1 heteroatoms. The lowest BCUT2D eigenvalue weighted by atomic mass is 9.99. The molecule has 1 aliphatic heterocycles. The average Bonchev–Trinajstić information content (AvgIpc) is 2.42. The molecule has 2 rings (SSSR count). The lowest BCUT2D eigenvalue weighted by Gasteiger charge is -2.30. The van der Waals surface area contributed by atoms with Crippen LogP contribution in [0.15, 0.2) is 30.3 Å². The summed E-state index contributed by atoms with van der Waals surface area (Å²) in [5.41, 5.74) is 1.49. The topological polar surface area (TPSA) is 3.24 Å². The van der Waals surface area contributed by atoms with E-state index >= 15 is 0 Å². The first kappa shape index (κ1) is 13.6. The van der Waals surface area contributed by atoms with Gasteiger partial charge in [0.15, 0.2) is 0 Å². The predicted octanol–water partition coefficient (Wildman–Crippen LogP) is 4.13. The van der Waals surface area contributed by atoms with E-state index in [9.17, 15) is 0 Å². The zero-order valence-corrected chi connectivity index (χ0v) is 11.8. The van der Waals surface area contributed by atoms with Gasteiger partial charge >= 0.3 is 0 Å². The van der Waals surface area contributed by atoms with E-state index in [1.807, 2.05) is 0 Å². The van der Waals surface area contributed by atoms with Crippen LogP contribution in [0.2, 0.25) is 0 Å². The van der Waals surface area contributed by atoms with Crippen LogP contribution in [-0.4, -0.2) is 24.5 Å². The molecule has 0 spiro atoms. The Labute approximate surface area is 112 Å². The molecule has 0 aromatic heterocycles. The lowest BCUT2D eigenvalue weighted by molar-refractivity contribution is 0.189. The van der Waals surface area contributed by atoms with Crippen molar-refractivity contribution in [3.05, 3.63) is 35.9 Å². The minimum Gasteiger partial charge on any atom is -0.303 e. The van der Waals surface area contributed by atoms with Gasteiger partial charge in [0.25, 0.3) is 0 Å². The molecule has 0 bridgehead atoms. The molecular formula is C17H27N. The molecule has 0 aliphatic carbocycles. The van der Waals surface area contributed by atoms with Crippen molar-refractivity contribution in [2.24, 2.45) is 5.92 Å². The Morgan fingerprint density at radius 2 is 1.72 bits per heavy atom. The van der Waals surface area contributed by atoms with Crippen molar-refractivity contribution in [3.63, 3.8) is 0 Å². The Morgan fingerprint density at radius 3 is 2.44 bits per heavy atom. The number of nitrogens with zero attached hydrogens (tertiary/aromatic N) is 1. The van der Waals surface area contributed by atoms with Crippen molar-refractivity contribution in [1.82, 2.24) is 4.90 Å². The smallest absolute Gasteiger partial charge is 0.00162 e. The van der Waals surface area contributed by atoms with Gasteiger partial charge in [0.1, 0.15) is 0 Å². The first-order valence-electron chi connectivity index (χ1n) is 7.61. The van der Waals surface area contributed by atoms with Crippen molar-refractivity contribution in [2.45, 2.75) is 45.4 Å². The van der Waals surface area contributed by atoms with Gasteiger partial charge in [0.2, 0.25) is 0 Å². The summed E-state index contributed by atoms with van der Waals surface area (Å²) in [6.07, 6.45) is 8.16. The fourth-order valence-electron chi connectivity index (χ4n) is 2.77. The van der Waals surface area contributed by atoms with Gasteiger partial charge in [-0.15, -0.1) is 0 Å². The summed E-state index contributed by atoms with van der Waals surface area (Å²) in [6, 6.07) is 10.9. The van der Waals surface area contributed by atoms with Crippen molar-refractivity contribution < 1.29 is 0 Å². The number of benzene rings is 1. The van der Waals surface area contributed by atoms with Crippen LogP contribution in [0, 0.1) is 5.92 Å². The lowest BCUT2D eigenvalue weighted by Crippen LogP contribution is -2.33. The third kappa shape index (κ3) is 4.81. The van der Waals surface area contributed by atoms with E-state index in [4.69, 9.17) is 0 Å². The van der Waals surface area contributed by atoms with E-state index in [0.29, 0.717) is 0 Å². The van der Waals surface area contributed by atoms with Crippen molar-refractivity contribution >= 4 is 0 Å². The van der Waals surface area contributed by atoms with Crippen LogP contribution in [0.1, 0.15) is 44.6 Å². The molecule has 1 nitrogen and oxygen atoms in total. The largest absolute Gasteiger partial charge is 0.303 e. The van der Waals surface area contributed by atoms with Crippen LogP contribution in [0.25, 0.3) is 0 Å². The predicted molar refractivity (Wildman–Crippen MR) is 78.8 cm³/mol. The van der Waals surface area contributed by atoms with Gasteiger partial charge < -0.3 is 4.90 Å². The molecule has 100 valence electrons. The number of likely N-dealkylation sites (tertiary alicyclic amines) is 1. The number of unbranched alkanes of at least 4 members (excludes halogenated alkanes) is 2. The Morgan fingerprint density at radius 1 is 1.00 bits per heavy atom. The van der Waals surface area contributed by atoms with Gasteiger partial charge in [-0.1, -0.05) is 43.7 Å². The van der Waals surface area contributed by atoms with Gasteiger partial charge in [0, 0.05) is 0 Å². The Kier molecular flexibility index (Phi) is 5.73. The number of rotatable bonds is 6. The van der Waals surface area contributed by atoms with E-state index in [1.165, 1.54) is 63.7 Å².